The summed E-state index contributed by atoms with van der Waals surface area (Å²) in [6.07, 6.45) is 16.5. The fraction of sp³-hybridized carbons (Fsp3) is 0.833. The van der Waals surface area contributed by atoms with Gasteiger partial charge in [-0.2, -0.15) is 0 Å². The molecule has 2 aliphatic carbocycles. The highest BCUT2D eigenvalue weighted by atomic mass is 14.3. The molecule has 0 spiro atoms. The average molecular weight is 164 g/mol. The molecule has 0 radical (unpaired) electrons. The van der Waals surface area contributed by atoms with Crippen molar-refractivity contribution in [3.8, 4) is 0 Å². The van der Waals surface area contributed by atoms with Gasteiger partial charge in [0.2, 0.25) is 0 Å². The minimum absolute atomic E-state index is 1.07. The van der Waals surface area contributed by atoms with Crippen molar-refractivity contribution in [3.63, 3.8) is 0 Å². The lowest BCUT2D eigenvalue weighted by atomic mass is 9.85. The third-order valence-electron chi connectivity index (χ3n) is 3.64. The van der Waals surface area contributed by atoms with Gasteiger partial charge in [0.25, 0.3) is 0 Å². The summed E-state index contributed by atoms with van der Waals surface area (Å²) >= 11 is 0. The average Bonchev–Trinajstić information content (AvgIpc) is 2.48. The second-order valence-electron chi connectivity index (χ2n) is 4.43. The van der Waals surface area contributed by atoms with Crippen LogP contribution in [0.4, 0.5) is 0 Å². The molecule has 0 unspecified atom stereocenters. The van der Waals surface area contributed by atoms with E-state index in [9.17, 15) is 0 Å². The van der Waals surface area contributed by atoms with Crippen LogP contribution >= 0.6 is 0 Å². The Bertz CT molecular complexity index is 141. The zero-order valence-corrected chi connectivity index (χ0v) is 7.97. The maximum absolute atomic E-state index is 2.38. The summed E-state index contributed by atoms with van der Waals surface area (Å²) in [5.41, 5.74) is 0. The van der Waals surface area contributed by atoms with Gasteiger partial charge in [0.1, 0.15) is 0 Å². The van der Waals surface area contributed by atoms with Crippen molar-refractivity contribution in [2.75, 3.05) is 0 Å². The molecule has 0 atom stereocenters. The van der Waals surface area contributed by atoms with Crippen molar-refractivity contribution in [3.05, 3.63) is 12.2 Å². The molecule has 2 aliphatic rings. The molecule has 0 heteroatoms. The molecule has 0 N–H and O–H groups in total. The van der Waals surface area contributed by atoms with Crippen LogP contribution in [-0.4, -0.2) is 0 Å². The Morgan fingerprint density at radius 1 is 0.667 bits per heavy atom. The highest BCUT2D eigenvalue weighted by molar-refractivity contribution is 4.89. The van der Waals surface area contributed by atoms with E-state index in [1.54, 1.807) is 0 Å². The molecule has 1 saturated carbocycles. The van der Waals surface area contributed by atoms with Gasteiger partial charge in [0.15, 0.2) is 0 Å². The molecule has 1 fully saturated rings. The van der Waals surface area contributed by atoms with E-state index in [0.717, 1.165) is 11.8 Å². The molecule has 0 aromatic rings. The summed E-state index contributed by atoms with van der Waals surface area (Å²) in [5.74, 6) is 2.17. The van der Waals surface area contributed by atoms with Gasteiger partial charge in [0, 0.05) is 0 Å². The van der Waals surface area contributed by atoms with Crippen LogP contribution in [-0.2, 0) is 0 Å². The molecule has 0 aromatic carbocycles. The quantitative estimate of drug-likeness (QED) is 0.515. The molecular formula is C12H20. The van der Waals surface area contributed by atoms with Crippen LogP contribution in [0.15, 0.2) is 12.2 Å². The lowest BCUT2D eigenvalue weighted by Crippen LogP contribution is -2.10. The smallest absolute Gasteiger partial charge is 0.0348 e. The van der Waals surface area contributed by atoms with Crippen molar-refractivity contribution in [1.29, 1.82) is 0 Å². The summed E-state index contributed by atoms with van der Waals surface area (Å²) in [6.45, 7) is 0. The van der Waals surface area contributed by atoms with Crippen LogP contribution in [0.2, 0.25) is 0 Å². The first-order chi connectivity index (χ1) is 5.97. The van der Waals surface area contributed by atoms with Crippen LogP contribution in [0, 0.1) is 11.8 Å². The highest BCUT2D eigenvalue weighted by Crippen LogP contribution is 2.37. The van der Waals surface area contributed by atoms with Gasteiger partial charge < -0.3 is 0 Å². The summed E-state index contributed by atoms with van der Waals surface area (Å²) in [7, 11) is 0. The lowest BCUT2D eigenvalue weighted by molar-refractivity contribution is 0.307. The maximum atomic E-state index is 2.38. The van der Waals surface area contributed by atoms with Gasteiger partial charge in [-0.15, -0.1) is 0 Å². The molecule has 0 aromatic heterocycles. The minimum Gasteiger partial charge on any atom is -0.0885 e. The Hall–Kier alpha value is -0.260. The van der Waals surface area contributed by atoms with E-state index < -0.39 is 0 Å². The molecule has 0 aliphatic heterocycles. The number of hydrogen-bond donors (Lipinski definition) is 0. The van der Waals surface area contributed by atoms with Gasteiger partial charge >= 0.3 is 0 Å². The zero-order chi connectivity index (χ0) is 8.23. The highest BCUT2D eigenvalue weighted by Gasteiger charge is 2.24. The standard InChI is InChI=1S/C12H20/c1-2-4-8-11(7-3-1)12-9-5-6-10-12/h1-2,11-12H,3-10H2. The SMILES string of the molecule is C1=CCCC(C2CCCC2)CC1. The van der Waals surface area contributed by atoms with E-state index >= 15 is 0 Å². The molecule has 0 saturated heterocycles. The summed E-state index contributed by atoms with van der Waals surface area (Å²) in [4.78, 5) is 0. The number of hydrogen-bond acceptors (Lipinski definition) is 0. The van der Waals surface area contributed by atoms with Crippen LogP contribution in [0.1, 0.15) is 51.4 Å². The van der Waals surface area contributed by atoms with Crippen molar-refractivity contribution in [2.24, 2.45) is 11.8 Å². The second-order valence-corrected chi connectivity index (χ2v) is 4.43. The van der Waals surface area contributed by atoms with Gasteiger partial charge in [-0.3, -0.25) is 0 Å². The molecule has 12 heavy (non-hydrogen) atoms. The molecule has 0 bridgehead atoms. The van der Waals surface area contributed by atoms with Crippen LogP contribution in [0.3, 0.4) is 0 Å². The van der Waals surface area contributed by atoms with Gasteiger partial charge in [-0.1, -0.05) is 37.8 Å². The molecule has 0 amide bonds. The molecule has 68 valence electrons. The van der Waals surface area contributed by atoms with Gasteiger partial charge in [-0.05, 0) is 37.5 Å². The Balaban J connectivity index is 1.85. The summed E-state index contributed by atoms with van der Waals surface area (Å²) in [5, 5.41) is 0. The zero-order valence-electron chi connectivity index (χ0n) is 7.97. The fourth-order valence-electron chi connectivity index (χ4n) is 2.90. The number of allylic oxidation sites excluding steroid dienone is 2. The molecule has 0 nitrogen and oxygen atoms in total. The van der Waals surface area contributed by atoms with E-state index in [2.05, 4.69) is 12.2 Å². The van der Waals surface area contributed by atoms with E-state index in [1.807, 2.05) is 0 Å². The van der Waals surface area contributed by atoms with Crippen LogP contribution in [0.25, 0.3) is 0 Å². The fourth-order valence-corrected chi connectivity index (χ4v) is 2.90. The first-order valence-electron chi connectivity index (χ1n) is 5.62. The van der Waals surface area contributed by atoms with Gasteiger partial charge in [0.05, 0.1) is 0 Å². The lowest BCUT2D eigenvalue weighted by Gasteiger charge is -2.21. The van der Waals surface area contributed by atoms with Crippen molar-refractivity contribution in [1.82, 2.24) is 0 Å². The van der Waals surface area contributed by atoms with Crippen molar-refractivity contribution < 1.29 is 0 Å². The minimum atomic E-state index is 1.07. The van der Waals surface area contributed by atoms with E-state index in [-0.39, 0.29) is 0 Å². The third kappa shape index (κ3) is 1.91. The predicted octanol–water partition coefficient (Wildman–Crippen LogP) is 3.92. The van der Waals surface area contributed by atoms with Crippen LogP contribution in [0.5, 0.6) is 0 Å². The van der Waals surface area contributed by atoms with E-state index in [4.69, 9.17) is 0 Å². The third-order valence-corrected chi connectivity index (χ3v) is 3.64. The monoisotopic (exact) mass is 164 g/mol. The Morgan fingerprint density at radius 2 is 1.17 bits per heavy atom. The Kier molecular flexibility index (Phi) is 2.86. The summed E-state index contributed by atoms with van der Waals surface area (Å²) in [6, 6.07) is 0. The molecule has 2 rings (SSSR count). The summed E-state index contributed by atoms with van der Waals surface area (Å²) < 4.78 is 0. The maximum Gasteiger partial charge on any atom is -0.0348 e. The van der Waals surface area contributed by atoms with Crippen molar-refractivity contribution >= 4 is 0 Å². The van der Waals surface area contributed by atoms with E-state index in [0.29, 0.717) is 0 Å². The normalized spacial score (nSPS) is 27.7. The van der Waals surface area contributed by atoms with Crippen molar-refractivity contribution in [2.45, 2.75) is 51.4 Å². The largest absolute Gasteiger partial charge is 0.0885 e. The van der Waals surface area contributed by atoms with Crippen LogP contribution < -0.4 is 0 Å². The Labute approximate surface area is 76.1 Å². The number of rotatable bonds is 1. The topological polar surface area (TPSA) is 0 Å². The first-order valence-corrected chi connectivity index (χ1v) is 5.62. The second kappa shape index (κ2) is 4.11. The van der Waals surface area contributed by atoms with Gasteiger partial charge in [-0.25, -0.2) is 0 Å². The predicted molar refractivity (Wildman–Crippen MR) is 53.1 cm³/mol. The first kappa shape index (κ1) is 8.34. The Morgan fingerprint density at radius 3 is 1.75 bits per heavy atom. The van der Waals surface area contributed by atoms with E-state index in [1.165, 1.54) is 51.4 Å². The molecule has 0 heterocycles. The molecular weight excluding hydrogens is 144 g/mol.